The summed E-state index contributed by atoms with van der Waals surface area (Å²) in [7, 11) is 0. The zero-order chi connectivity index (χ0) is 38.8. The van der Waals surface area contributed by atoms with Crippen LogP contribution in [0.25, 0.3) is 0 Å². The molecule has 1 heterocycles. The Morgan fingerprint density at radius 1 is 0.566 bits per heavy atom. The molecule has 1 aliphatic rings. The van der Waals surface area contributed by atoms with Gasteiger partial charge in [0.1, 0.15) is 31.0 Å². The third-order valence-corrected chi connectivity index (χ3v) is 10.2. The van der Waals surface area contributed by atoms with Gasteiger partial charge in [-0.2, -0.15) is 0 Å². The number of carbonyl (C=O) groups is 2. The number of ether oxygens (including phenoxy) is 4. The van der Waals surface area contributed by atoms with Crippen LogP contribution in [0.3, 0.4) is 0 Å². The Morgan fingerprint density at radius 3 is 1.47 bits per heavy atom. The second-order valence-corrected chi connectivity index (χ2v) is 15.2. The van der Waals surface area contributed by atoms with E-state index in [2.05, 4.69) is 26.0 Å². The number of aliphatic hydroxyl groups is 4. The average molecular weight is 757 g/mol. The van der Waals surface area contributed by atoms with Gasteiger partial charge in [-0.1, -0.05) is 154 Å². The van der Waals surface area contributed by atoms with E-state index in [1.165, 1.54) is 109 Å². The quantitative estimate of drug-likeness (QED) is 0.0277. The summed E-state index contributed by atoms with van der Waals surface area (Å²) in [5.74, 6) is -0.809. The van der Waals surface area contributed by atoms with E-state index in [1.54, 1.807) is 0 Å². The molecule has 0 aliphatic carbocycles. The maximum absolute atomic E-state index is 12.7. The van der Waals surface area contributed by atoms with E-state index in [0.717, 1.165) is 51.4 Å². The van der Waals surface area contributed by atoms with Gasteiger partial charge in [0.2, 0.25) is 0 Å². The molecule has 10 nitrogen and oxygen atoms in total. The Kier molecular flexibility index (Phi) is 32.6. The van der Waals surface area contributed by atoms with E-state index in [9.17, 15) is 30.0 Å². The molecule has 0 aromatic heterocycles. The molecule has 1 saturated heterocycles. The Labute approximate surface area is 322 Å². The summed E-state index contributed by atoms with van der Waals surface area (Å²) >= 11 is 0. The van der Waals surface area contributed by atoms with Crippen molar-refractivity contribution in [3.05, 3.63) is 12.2 Å². The highest BCUT2D eigenvalue weighted by Crippen LogP contribution is 2.23. The lowest BCUT2D eigenvalue weighted by atomic mass is 9.99. The van der Waals surface area contributed by atoms with Gasteiger partial charge in [-0.25, -0.2) is 0 Å². The molecule has 0 radical (unpaired) electrons. The zero-order valence-corrected chi connectivity index (χ0v) is 33.8. The Hall–Kier alpha value is -1.56. The van der Waals surface area contributed by atoms with Gasteiger partial charge in [0.15, 0.2) is 12.4 Å². The number of allylic oxidation sites excluding steroid dienone is 2. The number of aliphatic hydroxyl groups excluding tert-OH is 4. The van der Waals surface area contributed by atoms with Crippen molar-refractivity contribution < 1.29 is 49.0 Å². The molecule has 0 aromatic carbocycles. The molecule has 53 heavy (non-hydrogen) atoms. The third-order valence-electron chi connectivity index (χ3n) is 10.2. The molecule has 0 bridgehead atoms. The highest BCUT2D eigenvalue weighted by molar-refractivity contribution is 5.70. The van der Waals surface area contributed by atoms with Crippen LogP contribution in [0.1, 0.15) is 194 Å². The first-order valence-electron chi connectivity index (χ1n) is 21.8. The first-order valence-corrected chi connectivity index (χ1v) is 21.8. The molecule has 0 spiro atoms. The normalized spacial score (nSPS) is 20.9. The van der Waals surface area contributed by atoms with Gasteiger partial charge in [-0.3, -0.25) is 9.59 Å². The third kappa shape index (κ3) is 26.8. The molecule has 0 unspecified atom stereocenters. The summed E-state index contributed by atoms with van der Waals surface area (Å²) in [6.07, 6.45) is 27.9. The molecule has 1 fully saturated rings. The van der Waals surface area contributed by atoms with Crippen LogP contribution in [0.5, 0.6) is 0 Å². The Bertz CT molecular complexity index is 881. The van der Waals surface area contributed by atoms with Crippen molar-refractivity contribution >= 4 is 11.9 Å². The fourth-order valence-corrected chi connectivity index (χ4v) is 6.65. The number of esters is 2. The summed E-state index contributed by atoms with van der Waals surface area (Å²) in [5.41, 5.74) is 0. The van der Waals surface area contributed by atoms with Crippen LogP contribution in [-0.2, 0) is 28.5 Å². The molecule has 0 amide bonds. The van der Waals surface area contributed by atoms with Gasteiger partial charge < -0.3 is 39.4 Å². The Morgan fingerprint density at radius 2 is 1.00 bits per heavy atom. The van der Waals surface area contributed by atoms with Crippen LogP contribution in [0.2, 0.25) is 0 Å². The van der Waals surface area contributed by atoms with Crippen molar-refractivity contribution in [2.45, 2.75) is 230 Å². The second-order valence-electron chi connectivity index (χ2n) is 15.2. The molecule has 312 valence electrons. The first-order chi connectivity index (χ1) is 25.8. The number of carbonyl (C=O) groups excluding carboxylic acids is 2. The van der Waals surface area contributed by atoms with E-state index in [1.807, 2.05) is 0 Å². The van der Waals surface area contributed by atoms with E-state index >= 15 is 0 Å². The minimum atomic E-state index is -1.59. The number of hydrogen-bond acceptors (Lipinski definition) is 10. The van der Waals surface area contributed by atoms with Crippen molar-refractivity contribution in [1.29, 1.82) is 0 Å². The van der Waals surface area contributed by atoms with Crippen LogP contribution in [0.4, 0.5) is 0 Å². The van der Waals surface area contributed by atoms with Crippen molar-refractivity contribution in [2.75, 3.05) is 19.8 Å². The predicted octanol–water partition coefficient (Wildman–Crippen LogP) is 8.78. The largest absolute Gasteiger partial charge is 0.462 e. The topological polar surface area (TPSA) is 152 Å². The highest BCUT2D eigenvalue weighted by Gasteiger charge is 2.44. The number of hydrogen-bond donors (Lipinski definition) is 4. The van der Waals surface area contributed by atoms with Gasteiger partial charge in [-0.05, 0) is 38.5 Å². The number of unbranched alkanes of at least 4 members (excludes halogenated alkanes) is 23. The van der Waals surface area contributed by atoms with E-state index < -0.39 is 49.4 Å². The van der Waals surface area contributed by atoms with Crippen LogP contribution in [0.15, 0.2) is 12.2 Å². The standard InChI is InChI=1S/C43H80O10/c1-3-5-7-9-11-13-15-17-18-20-22-24-26-28-30-32-39(46)52-36(35-51-43-42(49)41(48)40(47)37(33-44)53-43)34-50-38(45)31-29-27-25-23-21-19-16-14-12-10-8-6-4-2/h17-18,36-37,40-44,47-49H,3-16,19-35H2,1-2H3/b18-17-/t36-,37-,40-,41+,42-,43+/m1/s1. The monoisotopic (exact) mass is 757 g/mol. The average Bonchev–Trinajstić information content (AvgIpc) is 3.15. The molecule has 6 atom stereocenters. The minimum absolute atomic E-state index is 0.215. The molecule has 10 heteroatoms. The summed E-state index contributed by atoms with van der Waals surface area (Å²) in [5, 5.41) is 40.0. The molecular weight excluding hydrogens is 676 g/mol. The van der Waals surface area contributed by atoms with Gasteiger partial charge in [0, 0.05) is 12.8 Å². The Balaban J connectivity index is 2.35. The SMILES string of the molecule is CCCCCCCC/C=C\CCCCCCCC(=O)O[C@H](COC(=O)CCCCCCCCCCCCCCC)CO[C@H]1O[C@H](CO)[C@@H](O)[C@H](O)[C@H]1O. The molecule has 1 aliphatic heterocycles. The summed E-state index contributed by atoms with van der Waals surface area (Å²) in [6, 6.07) is 0. The minimum Gasteiger partial charge on any atom is -0.462 e. The van der Waals surface area contributed by atoms with Crippen LogP contribution in [0, 0.1) is 0 Å². The molecule has 0 aromatic rings. The van der Waals surface area contributed by atoms with Gasteiger partial charge in [0.05, 0.1) is 13.2 Å². The fraction of sp³-hybridized carbons (Fsp3) is 0.907. The van der Waals surface area contributed by atoms with Crippen LogP contribution in [-0.4, -0.2) is 89.0 Å². The fourth-order valence-electron chi connectivity index (χ4n) is 6.65. The lowest BCUT2D eigenvalue weighted by Gasteiger charge is -2.39. The molecule has 4 N–H and O–H groups in total. The van der Waals surface area contributed by atoms with Gasteiger partial charge in [-0.15, -0.1) is 0 Å². The molecule has 1 rings (SSSR count). The lowest BCUT2D eigenvalue weighted by Crippen LogP contribution is -2.59. The van der Waals surface area contributed by atoms with Gasteiger partial charge >= 0.3 is 11.9 Å². The second kappa shape index (κ2) is 34.9. The maximum atomic E-state index is 12.7. The van der Waals surface area contributed by atoms with Crippen molar-refractivity contribution in [2.24, 2.45) is 0 Å². The zero-order valence-electron chi connectivity index (χ0n) is 33.8. The van der Waals surface area contributed by atoms with Crippen molar-refractivity contribution in [3.63, 3.8) is 0 Å². The van der Waals surface area contributed by atoms with Crippen LogP contribution < -0.4 is 0 Å². The summed E-state index contributed by atoms with van der Waals surface area (Å²) in [4.78, 5) is 25.3. The van der Waals surface area contributed by atoms with E-state index in [4.69, 9.17) is 18.9 Å². The summed E-state index contributed by atoms with van der Waals surface area (Å²) in [6.45, 7) is 3.41. The summed E-state index contributed by atoms with van der Waals surface area (Å²) < 4.78 is 22.1. The van der Waals surface area contributed by atoms with Gasteiger partial charge in [0.25, 0.3) is 0 Å². The van der Waals surface area contributed by atoms with E-state index in [0.29, 0.717) is 6.42 Å². The van der Waals surface area contributed by atoms with Crippen molar-refractivity contribution in [3.8, 4) is 0 Å². The van der Waals surface area contributed by atoms with Crippen molar-refractivity contribution in [1.82, 2.24) is 0 Å². The lowest BCUT2D eigenvalue weighted by molar-refractivity contribution is -0.305. The molecular formula is C43H80O10. The van der Waals surface area contributed by atoms with E-state index in [-0.39, 0.29) is 32.0 Å². The van der Waals surface area contributed by atoms with Crippen LogP contribution >= 0.6 is 0 Å². The smallest absolute Gasteiger partial charge is 0.306 e. The molecule has 0 saturated carbocycles. The maximum Gasteiger partial charge on any atom is 0.306 e. The highest BCUT2D eigenvalue weighted by atomic mass is 16.7. The first kappa shape index (κ1) is 49.5. The predicted molar refractivity (Wildman–Crippen MR) is 210 cm³/mol. The number of rotatable bonds is 36.